The van der Waals surface area contributed by atoms with Crippen LogP contribution >= 0.6 is 11.6 Å². The number of nitrogens with zero attached hydrogens (tertiary/aromatic N) is 1. The molecule has 24 heavy (non-hydrogen) atoms. The third-order valence-corrected chi connectivity index (χ3v) is 3.54. The summed E-state index contributed by atoms with van der Waals surface area (Å²) >= 11 is 5.83. The van der Waals surface area contributed by atoms with Crippen LogP contribution in [-0.4, -0.2) is 11.8 Å². The highest BCUT2D eigenvalue weighted by Crippen LogP contribution is 2.16. The van der Waals surface area contributed by atoms with E-state index in [4.69, 9.17) is 16.9 Å². The molecule has 0 bridgehead atoms. The smallest absolute Gasteiger partial charge is 0.234 e. The third-order valence-electron chi connectivity index (χ3n) is 3.29. The molecular weight excluding hydrogens is 326 g/mol. The van der Waals surface area contributed by atoms with Crippen LogP contribution in [-0.2, 0) is 22.6 Å². The zero-order chi connectivity index (χ0) is 17.4. The summed E-state index contributed by atoms with van der Waals surface area (Å²) in [6, 6.07) is 16.1. The molecular formula is C18H16ClN3O2. The predicted octanol–water partition coefficient (Wildman–Crippen LogP) is 3.05. The van der Waals surface area contributed by atoms with Gasteiger partial charge in [-0.15, -0.1) is 0 Å². The molecule has 6 heteroatoms. The maximum absolute atomic E-state index is 12.2. The lowest BCUT2D eigenvalue weighted by molar-refractivity contribution is -0.120. The monoisotopic (exact) mass is 341 g/mol. The van der Waals surface area contributed by atoms with Crippen molar-refractivity contribution >= 4 is 29.1 Å². The van der Waals surface area contributed by atoms with E-state index in [1.807, 2.05) is 12.1 Å². The van der Waals surface area contributed by atoms with Crippen LogP contribution in [0, 0.1) is 11.3 Å². The predicted molar refractivity (Wildman–Crippen MR) is 92.3 cm³/mol. The number of halogens is 1. The van der Waals surface area contributed by atoms with Crippen LogP contribution < -0.4 is 10.6 Å². The number of nitrogens with one attached hydrogen (secondary N) is 2. The molecule has 0 spiro atoms. The maximum atomic E-state index is 12.2. The van der Waals surface area contributed by atoms with Crippen molar-refractivity contribution in [1.82, 2.24) is 5.32 Å². The van der Waals surface area contributed by atoms with E-state index in [9.17, 15) is 9.59 Å². The Morgan fingerprint density at radius 1 is 1.04 bits per heavy atom. The van der Waals surface area contributed by atoms with Gasteiger partial charge in [-0.2, -0.15) is 5.26 Å². The molecule has 0 saturated carbocycles. The normalized spacial score (nSPS) is 9.83. The van der Waals surface area contributed by atoms with Crippen molar-refractivity contribution in [3.63, 3.8) is 0 Å². The molecule has 2 aromatic rings. The molecule has 5 nitrogen and oxygen atoms in total. The van der Waals surface area contributed by atoms with E-state index in [0.29, 0.717) is 10.7 Å². The Morgan fingerprint density at radius 2 is 1.75 bits per heavy atom. The third kappa shape index (κ3) is 5.41. The molecule has 0 saturated heterocycles. The van der Waals surface area contributed by atoms with Gasteiger partial charge in [-0.05, 0) is 29.3 Å². The van der Waals surface area contributed by atoms with Gasteiger partial charge in [0.05, 0.1) is 12.5 Å². The molecule has 2 aromatic carbocycles. The molecule has 0 atom stereocenters. The molecule has 2 amide bonds. The van der Waals surface area contributed by atoms with Gasteiger partial charge in [0.2, 0.25) is 11.8 Å². The fourth-order valence-corrected chi connectivity index (χ4v) is 2.23. The first kappa shape index (κ1) is 17.5. The number of hydrogen-bond donors (Lipinski definition) is 2. The number of rotatable bonds is 6. The van der Waals surface area contributed by atoms with Gasteiger partial charge in [0.15, 0.2) is 0 Å². The Bertz CT molecular complexity index is 767. The van der Waals surface area contributed by atoms with Gasteiger partial charge in [-0.25, -0.2) is 0 Å². The van der Waals surface area contributed by atoms with Gasteiger partial charge in [0.25, 0.3) is 0 Å². The van der Waals surface area contributed by atoms with E-state index >= 15 is 0 Å². The fourth-order valence-electron chi connectivity index (χ4n) is 2.11. The van der Waals surface area contributed by atoms with E-state index in [1.54, 1.807) is 42.5 Å². The Labute approximate surface area is 145 Å². The molecule has 0 aliphatic carbocycles. The number of anilines is 1. The summed E-state index contributed by atoms with van der Waals surface area (Å²) in [5.74, 6) is -0.507. The summed E-state index contributed by atoms with van der Waals surface area (Å²) in [5.41, 5.74) is 2.26. The summed E-state index contributed by atoms with van der Waals surface area (Å²) in [6.07, 6.45) is 0.0391. The zero-order valence-corrected chi connectivity index (χ0v) is 13.6. The Kier molecular flexibility index (Phi) is 6.35. The summed E-state index contributed by atoms with van der Waals surface area (Å²) in [7, 11) is 0. The second kappa shape index (κ2) is 8.70. The van der Waals surface area contributed by atoms with Crippen LogP contribution in [0.2, 0.25) is 5.02 Å². The van der Waals surface area contributed by atoms with Crippen LogP contribution in [0.25, 0.3) is 0 Å². The van der Waals surface area contributed by atoms with Crippen molar-refractivity contribution in [3.05, 3.63) is 64.7 Å². The molecule has 0 aliphatic rings. The zero-order valence-electron chi connectivity index (χ0n) is 12.9. The molecule has 0 aliphatic heterocycles. The van der Waals surface area contributed by atoms with E-state index in [2.05, 4.69) is 10.6 Å². The van der Waals surface area contributed by atoms with Gasteiger partial charge in [-0.1, -0.05) is 41.9 Å². The molecule has 0 heterocycles. The Hall–Kier alpha value is -2.84. The van der Waals surface area contributed by atoms with Crippen molar-refractivity contribution in [2.24, 2.45) is 0 Å². The number of benzene rings is 2. The molecule has 0 aromatic heterocycles. The molecule has 2 rings (SSSR count). The summed E-state index contributed by atoms with van der Waals surface area (Å²) in [5, 5.41) is 14.6. The largest absolute Gasteiger partial charge is 0.351 e. The first-order valence-corrected chi connectivity index (χ1v) is 7.72. The number of nitriles is 1. The minimum Gasteiger partial charge on any atom is -0.351 e. The molecule has 0 fully saturated rings. The van der Waals surface area contributed by atoms with E-state index < -0.39 is 0 Å². The van der Waals surface area contributed by atoms with Crippen LogP contribution in [0.15, 0.2) is 48.5 Å². The van der Waals surface area contributed by atoms with Crippen molar-refractivity contribution < 1.29 is 9.59 Å². The first-order chi connectivity index (χ1) is 11.6. The van der Waals surface area contributed by atoms with Crippen LogP contribution in [0.5, 0.6) is 0 Å². The highest BCUT2D eigenvalue weighted by atomic mass is 35.5. The molecule has 0 unspecified atom stereocenters. The number of hydrogen-bond acceptors (Lipinski definition) is 3. The van der Waals surface area contributed by atoms with Crippen molar-refractivity contribution in [2.75, 3.05) is 5.32 Å². The summed E-state index contributed by atoms with van der Waals surface area (Å²) in [6.45, 7) is 0.248. The number of carbonyl (C=O) groups is 2. The summed E-state index contributed by atoms with van der Waals surface area (Å²) < 4.78 is 0. The van der Waals surface area contributed by atoms with Crippen molar-refractivity contribution in [3.8, 4) is 6.07 Å². The highest BCUT2D eigenvalue weighted by molar-refractivity contribution is 6.30. The van der Waals surface area contributed by atoms with Gasteiger partial charge < -0.3 is 10.6 Å². The fraction of sp³-hybridized carbons (Fsp3) is 0.167. The first-order valence-electron chi connectivity index (χ1n) is 7.34. The topological polar surface area (TPSA) is 82.0 Å². The minimum atomic E-state index is -0.347. The van der Waals surface area contributed by atoms with Crippen molar-refractivity contribution in [1.29, 1.82) is 5.26 Å². The Morgan fingerprint density at radius 3 is 2.46 bits per heavy atom. The average Bonchev–Trinajstić information content (AvgIpc) is 2.56. The van der Waals surface area contributed by atoms with Gasteiger partial charge in [0, 0.05) is 17.3 Å². The molecule has 0 radical (unpaired) electrons. The minimum absolute atomic E-state index is 0.159. The lowest BCUT2D eigenvalue weighted by Gasteiger charge is -2.11. The SMILES string of the molecule is N#CCC(=O)NCc1ccccc1NC(=O)Cc1ccc(Cl)cc1. The van der Waals surface area contributed by atoms with E-state index in [-0.39, 0.29) is 31.2 Å². The van der Waals surface area contributed by atoms with Gasteiger partial charge in [0.1, 0.15) is 6.42 Å². The molecule has 122 valence electrons. The number of para-hydroxylation sites is 1. The maximum Gasteiger partial charge on any atom is 0.234 e. The average molecular weight is 342 g/mol. The van der Waals surface area contributed by atoms with E-state index in [0.717, 1.165) is 11.1 Å². The number of carbonyl (C=O) groups excluding carboxylic acids is 2. The number of amides is 2. The standard InChI is InChI=1S/C18H16ClN3O2/c19-15-7-5-13(6-8-15)11-18(24)22-16-4-2-1-3-14(16)12-21-17(23)9-10-20/h1-8H,9,11-12H2,(H,21,23)(H,22,24). The van der Waals surface area contributed by atoms with Crippen molar-refractivity contribution in [2.45, 2.75) is 19.4 Å². The van der Waals surface area contributed by atoms with Crippen LogP contribution in [0.3, 0.4) is 0 Å². The molecule has 2 N–H and O–H groups in total. The van der Waals surface area contributed by atoms with Crippen LogP contribution in [0.4, 0.5) is 5.69 Å². The van der Waals surface area contributed by atoms with Gasteiger partial charge in [-0.3, -0.25) is 9.59 Å². The lowest BCUT2D eigenvalue weighted by atomic mass is 10.1. The second-order valence-corrected chi connectivity index (χ2v) is 5.56. The highest BCUT2D eigenvalue weighted by Gasteiger charge is 2.09. The Balaban J connectivity index is 1.98. The second-order valence-electron chi connectivity index (χ2n) is 5.12. The quantitative estimate of drug-likeness (QED) is 0.847. The van der Waals surface area contributed by atoms with E-state index in [1.165, 1.54) is 0 Å². The summed E-state index contributed by atoms with van der Waals surface area (Å²) in [4.78, 5) is 23.6. The van der Waals surface area contributed by atoms with Gasteiger partial charge >= 0.3 is 0 Å². The van der Waals surface area contributed by atoms with Crippen LogP contribution in [0.1, 0.15) is 17.5 Å². The lowest BCUT2D eigenvalue weighted by Crippen LogP contribution is -2.23.